The highest BCUT2D eigenvalue weighted by Gasteiger charge is 2.20. The average molecular weight is 319 g/mol. The van der Waals surface area contributed by atoms with E-state index in [1.807, 2.05) is 70.0 Å². The van der Waals surface area contributed by atoms with Gasteiger partial charge in [0.25, 0.3) is 0 Å². The van der Waals surface area contributed by atoms with Crippen molar-refractivity contribution < 1.29 is 9.59 Å². The molecule has 1 aromatic carbocycles. The maximum absolute atomic E-state index is 12.5. The Kier molecular flexibility index (Phi) is 7.75. The number of benzene rings is 1. The lowest BCUT2D eigenvalue weighted by atomic mass is 10.1. The maximum atomic E-state index is 12.5. The minimum atomic E-state index is -0.0478. The van der Waals surface area contributed by atoms with Crippen LogP contribution in [0.3, 0.4) is 0 Å². The molecule has 0 radical (unpaired) electrons. The van der Waals surface area contributed by atoms with Gasteiger partial charge in [0.1, 0.15) is 0 Å². The molecular formula is C18H29N3O2. The normalized spacial score (nSPS) is 12.3. The maximum Gasteiger partial charge on any atom is 0.237 e. The van der Waals surface area contributed by atoms with Crippen LogP contribution in [0.1, 0.15) is 39.3 Å². The molecule has 0 saturated carbocycles. The number of carbonyl (C=O) groups is 2. The van der Waals surface area contributed by atoms with Gasteiger partial charge >= 0.3 is 0 Å². The first kappa shape index (κ1) is 19.2. The Labute approximate surface area is 139 Å². The molecule has 5 heteroatoms. The molecule has 0 aliphatic carbocycles. The Morgan fingerprint density at radius 1 is 1.09 bits per heavy atom. The van der Waals surface area contributed by atoms with Crippen molar-refractivity contribution >= 4 is 11.8 Å². The van der Waals surface area contributed by atoms with Crippen molar-refractivity contribution in [2.45, 2.75) is 39.8 Å². The quantitative estimate of drug-likeness (QED) is 0.798. The molecule has 1 unspecified atom stereocenters. The van der Waals surface area contributed by atoms with Gasteiger partial charge in [0, 0.05) is 13.1 Å². The van der Waals surface area contributed by atoms with Crippen molar-refractivity contribution in [1.29, 1.82) is 0 Å². The molecule has 23 heavy (non-hydrogen) atoms. The molecule has 2 amide bonds. The van der Waals surface area contributed by atoms with E-state index in [4.69, 9.17) is 0 Å². The summed E-state index contributed by atoms with van der Waals surface area (Å²) in [6.07, 6.45) is 0. The monoisotopic (exact) mass is 319 g/mol. The highest BCUT2D eigenvalue weighted by molar-refractivity contribution is 5.81. The van der Waals surface area contributed by atoms with E-state index >= 15 is 0 Å². The van der Waals surface area contributed by atoms with Crippen molar-refractivity contribution in [3.05, 3.63) is 35.9 Å². The van der Waals surface area contributed by atoms with E-state index in [2.05, 4.69) is 5.32 Å². The van der Waals surface area contributed by atoms with Crippen LogP contribution in [0.25, 0.3) is 0 Å². The van der Waals surface area contributed by atoms with Crippen LogP contribution in [0.2, 0.25) is 0 Å². The highest BCUT2D eigenvalue weighted by atomic mass is 16.2. The molecule has 128 valence electrons. The van der Waals surface area contributed by atoms with E-state index in [1.54, 1.807) is 4.90 Å². The van der Waals surface area contributed by atoms with E-state index < -0.39 is 0 Å². The van der Waals surface area contributed by atoms with Crippen LogP contribution in [0.4, 0.5) is 0 Å². The van der Waals surface area contributed by atoms with Gasteiger partial charge in [-0.2, -0.15) is 0 Å². The van der Waals surface area contributed by atoms with Crippen LogP contribution in [-0.2, 0) is 9.59 Å². The van der Waals surface area contributed by atoms with Crippen molar-refractivity contribution in [2.24, 2.45) is 0 Å². The van der Waals surface area contributed by atoms with Gasteiger partial charge in [-0.1, -0.05) is 37.3 Å². The summed E-state index contributed by atoms with van der Waals surface area (Å²) in [5.41, 5.74) is 1.10. The summed E-state index contributed by atoms with van der Waals surface area (Å²) < 4.78 is 0. The number of likely N-dealkylation sites (N-methyl/N-ethyl adjacent to an activating group) is 2. The summed E-state index contributed by atoms with van der Waals surface area (Å²) in [5, 5.41) is 2.85. The number of amides is 2. The van der Waals surface area contributed by atoms with Gasteiger partial charge in [0.05, 0.1) is 19.1 Å². The second kappa shape index (κ2) is 9.30. The molecule has 0 aliphatic heterocycles. The molecule has 1 aromatic rings. The molecule has 0 heterocycles. The molecule has 1 rings (SSSR count). The summed E-state index contributed by atoms with van der Waals surface area (Å²) in [6.45, 7) is 8.96. The van der Waals surface area contributed by atoms with Gasteiger partial charge in [-0.3, -0.25) is 14.5 Å². The summed E-state index contributed by atoms with van der Waals surface area (Å²) in [4.78, 5) is 27.9. The van der Waals surface area contributed by atoms with Crippen LogP contribution < -0.4 is 5.32 Å². The number of carbonyl (C=O) groups excluding carboxylic acids is 2. The molecule has 0 aliphatic rings. The van der Waals surface area contributed by atoms with Crippen LogP contribution in [0.15, 0.2) is 30.3 Å². The summed E-state index contributed by atoms with van der Waals surface area (Å²) >= 11 is 0. The summed E-state index contributed by atoms with van der Waals surface area (Å²) in [5.74, 6) is -0.0334. The van der Waals surface area contributed by atoms with Crippen LogP contribution in [0.5, 0.6) is 0 Å². The number of rotatable bonds is 8. The summed E-state index contributed by atoms with van der Waals surface area (Å²) in [6, 6.07) is 10.1. The lowest BCUT2D eigenvalue weighted by Crippen LogP contribution is -2.45. The molecule has 1 atom stereocenters. The van der Waals surface area contributed by atoms with Crippen LogP contribution in [-0.4, -0.2) is 54.3 Å². The Morgan fingerprint density at radius 3 is 2.22 bits per heavy atom. The zero-order chi connectivity index (χ0) is 17.4. The predicted octanol–water partition coefficient (Wildman–Crippen LogP) is 2.05. The van der Waals surface area contributed by atoms with Gasteiger partial charge in [0.2, 0.25) is 11.8 Å². The third-order valence-corrected chi connectivity index (χ3v) is 3.88. The molecule has 0 fully saturated rings. The van der Waals surface area contributed by atoms with Gasteiger partial charge in [-0.25, -0.2) is 0 Å². The lowest BCUT2D eigenvalue weighted by molar-refractivity contribution is -0.133. The molecular weight excluding hydrogens is 290 g/mol. The molecule has 0 bridgehead atoms. The Bertz CT molecular complexity index is 502. The standard InChI is InChI=1S/C18H29N3O2/c1-6-21(12-17(22)19-14(2)3)13-18(23)20(5)15(4)16-10-8-7-9-11-16/h7-11,14-15H,6,12-13H2,1-5H3,(H,19,22). The molecule has 5 nitrogen and oxygen atoms in total. The SMILES string of the molecule is CCN(CC(=O)NC(C)C)CC(=O)N(C)C(C)c1ccccc1. The van der Waals surface area contributed by atoms with Crippen LogP contribution in [0, 0.1) is 0 Å². The first-order valence-electron chi connectivity index (χ1n) is 8.17. The minimum Gasteiger partial charge on any atom is -0.353 e. The minimum absolute atomic E-state index is 0.00639. The first-order valence-corrected chi connectivity index (χ1v) is 8.17. The molecule has 1 N–H and O–H groups in total. The first-order chi connectivity index (χ1) is 10.8. The second-order valence-electron chi connectivity index (χ2n) is 6.12. The Hall–Kier alpha value is -1.88. The van der Waals surface area contributed by atoms with E-state index in [0.717, 1.165) is 5.56 Å². The molecule has 0 aromatic heterocycles. The largest absolute Gasteiger partial charge is 0.353 e. The number of nitrogens with zero attached hydrogens (tertiary/aromatic N) is 2. The average Bonchev–Trinajstić information content (AvgIpc) is 2.52. The summed E-state index contributed by atoms with van der Waals surface area (Å²) in [7, 11) is 1.81. The fourth-order valence-corrected chi connectivity index (χ4v) is 2.32. The van der Waals surface area contributed by atoms with Gasteiger partial charge in [-0.05, 0) is 32.9 Å². The zero-order valence-corrected chi connectivity index (χ0v) is 14.9. The third kappa shape index (κ3) is 6.40. The van der Waals surface area contributed by atoms with Gasteiger partial charge in [-0.15, -0.1) is 0 Å². The van der Waals surface area contributed by atoms with E-state index in [1.165, 1.54) is 0 Å². The highest BCUT2D eigenvalue weighted by Crippen LogP contribution is 2.18. The van der Waals surface area contributed by atoms with Gasteiger partial charge in [0.15, 0.2) is 0 Å². The lowest BCUT2D eigenvalue weighted by Gasteiger charge is -2.28. The zero-order valence-electron chi connectivity index (χ0n) is 14.9. The van der Waals surface area contributed by atoms with Crippen molar-refractivity contribution in [1.82, 2.24) is 15.1 Å². The number of hydrogen-bond donors (Lipinski definition) is 1. The third-order valence-electron chi connectivity index (χ3n) is 3.88. The number of hydrogen-bond acceptors (Lipinski definition) is 3. The fraction of sp³-hybridized carbons (Fsp3) is 0.556. The molecule has 0 spiro atoms. The van der Waals surface area contributed by atoms with Crippen molar-refractivity contribution in [3.63, 3.8) is 0 Å². The Balaban J connectivity index is 2.60. The topological polar surface area (TPSA) is 52.7 Å². The van der Waals surface area contributed by atoms with Crippen molar-refractivity contribution in [2.75, 3.05) is 26.7 Å². The van der Waals surface area contributed by atoms with E-state index in [9.17, 15) is 9.59 Å². The fourth-order valence-electron chi connectivity index (χ4n) is 2.32. The number of nitrogens with one attached hydrogen (secondary N) is 1. The van der Waals surface area contributed by atoms with E-state index in [0.29, 0.717) is 6.54 Å². The van der Waals surface area contributed by atoms with Crippen LogP contribution >= 0.6 is 0 Å². The van der Waals surface area contributed by atoms with Gasteiger partial charge < -0.3 is 10.2 Å². The van der Waals surface area contributed by atoms with E-state index in [-0.39, 0.29) is 37.0 Å². The Morgan fingerprint density at radius 2 is 1.70 bits per heavy atom. The predicted molar refractivity (Wildman–Crippen MR) is 93.0 cm³/mol. The smallest absolute Gasteiger partial charge is 0.237 e. The molecule has 0 saturated heterocycles. The second-order valence-corrected chi connectivity index (χ2v) is 6.12. The van der Waals surface area contributed by atoms with Crippen molar-refractivity contribution in [3.8, 4) is 0 Å².